The monoisotopic (exact) mass is 542 g/mol. The van der Waals surface area contributed by atoms with Crippen molar-refractivity contribution in [2.45, 2.75) is 33.3 Å². The van der Waals surface area contributed by atoms with Crippen LogP contribution in [0.25, 0.3) is 21.6 Å². The summed E-state index contributed by atoms with van der Waals surface area (Å²) in [6.45, 7) is 7.19. The Morgan fingerprint density at radius 2 is 1.59 bits per heavy atom. The topological polar surface area (TPSA) is 93.7 Å². The van der Waals surface area contributed by atoms with E-state index in [2.05, 4.69) is 10.6 Å². The van der Waals surface area contributed by atoms with Gasteiger partial charge in [-0.25, -0.2) is 9.59 Å². The number of anilines is 2. The molecule has 2 N–H and O–H groups in total. The molecule has 0 spiro atoms. The molecule has 0 aliphatic heterocycles. The quantitative estimate of drug-likeness (QED) is 0.232. The van der Waals surface area contributed by atoms with Gasteiger partial charge >= 0.3 is 12.1 Å². The van der Waals surface area contributed by atoms with E-state index in [1.54, 1.807) is 69.4 Å². The summed E-state index contributed by atoms with van der Waals surface area (Å²) in [6.07, 6.45) is -0.653. The molecule has 1 heterocycles. The molecule has 0 radical (unpaired) electrons. The molecule has 39 heavy (non-hydrogen) atoms. The van der Waals surface area contributed by atoms with Crippen LogP contribution in [0.5, 0.6) is 0 Å². The first kappa shape index (κ1) is 27.6. The van der Waals surface area contributed by atoms with Crippen LogP contribution in [0.3, 0.4) is 0 Å². The third-order valence-electron chi connectivity index (χ3n) is 5.58. The predicted octanol–water partition coefficient (Wildman–Crippen LogP) is 7.86. The average Bonchev–Trinajstić information content (AvgIpc) is 3.44. The summed E-state index contributed by atoms with van der Waals surface area (Å²) in [5, 5.41) is 7.59. The molecule has 4 aromatic rings. The number of ether oxygens (including phenoxy) is 2. The summed E-state index contributed by atoms with van der Waals surface area (Å²) >= 11 is 1.55. The van der Waals surface area contributed by atoms with Gasteiger partial charge in [-0.3, -0.25) is 10.1 Å². The number of rotatable bonds is 7. The fourth-order valence-electron chi connectivity index (χ4n) is 3.98. The molecule has 0 unspecified atom stereocenters. The Morgan fingerprint density at radius 1 is 0.821 bits per heavy atom. The number of amides is 2. The second-order valence-corrected chi connectivity index (χ2v) is 10.6. The van der Waals surface area contributed by atoms with E-state index in [1.807, 2.05) is 53.9 Å². The van der Waals surface area contributed by atoms with E-state index in [4.69, 9.17) is 9.47 Å². The molecule has 8 heteroatoms. The smallest absolute Gasteiger partial charge is 0.412 e. The Balaban J connectivity index is 1.75. The lowest BCUT2D eigenvalue weighted by molar-refractivity contribution is 0.0523. The van der Waals surface area contributed by atoms with Crippen molar-refractivity contribution in [1.82, 2.24) is 0 Å². The van der Waals surface area contributed by atoms with Crippen LogP contribution in [0.1, 0.15) is 48.4 Å². The van der Waals surface area contributed by atoms with Gasteiger partial charge in [-0.2, -0.15) is 0 Å². The third-order valence-corrected chi connectivity index (χ3v) is 6.50. The van der Waals surface area contributed by atoms with Crippen LogP contribution in [0.15, 0.2) is 84.2 Å². The third kappa shape index (κ3) is 6.91. The zero-order valence-corrected chi connectivity index (χ0v) is 23.1. The first-order valence-corrected chi connectivity index (χ1v) is 13.4. The Hall–Kier alpha value is -4.43. The minimum Gasteiger partial charge on any atom is -0.462 e. The van der Waals surface area contributed by atoms with Crippen molar-refractivity contribution in [3.63, 3.8) is 0 Å². The summed E-state index contributed by atoms with van der Waals surface area (Å²) in [4.78, 5) is 40.4. The van der Waals surface area contributed by atoms with Gasteiger partial charge in [-0.1, -0.05) is 54.6 Å². The molecular formula is C31H30N2O5S. The van der Waals surface area contributed by atoms with Crippen LogP contribution < -0.4 is 10.6 Å². The number of carbonyl (C=O) groups is 3. The van der Waals surface area contributed by atoms with E-state index < -0.39 is 23.6 Å². The molecule has 0 fully saturated rings. The SMILES string of the molecule is CCOC(=O)c1c(C(=O)Nc2cc(-c3cccs3)ccc2NC(=O)OC(C)(C)C)cccc1-c1ccccc1. The van der Waals surface area contributed by atoms with E-state index in [9.17, 15) is 14.4 Å². The van der Waals surface area contributed by atoms with Gasteiger partial charge in [0.25, 0.3) is 5.91 Å². The minimum absolute atomic E-state index is 0.152. The maximum atomic E-state index is 13.7. The standard InChI is InChI=1S/C31H30N2O5S/c1-5-37-29(35)27-22(20-11-7-6-8-12-20)13-9-14-23(27)28(34)32-25-19-21(26-15-10-18-39-26)16-17-24(25)33-30(36)38-31(2,3)4/h6-19H,5H2,1-4H3,(H,32,34)(H,33,36). The zero-order valence-electron chi connectivity index (χ0n) is 22.2. The van der Waals surface area contributed by atoms with Crippen molar-refractivity contribution < 1.29 is 23.9 Å². The number of hydrogen-bond acceptors (Lipinski definition) is 6. The first-order valence-electron chi connectivity index (χ1n) is 12.5. The number of thiophene rings is 1. The van der Waals surface area contributed by atoms with Crippen LogP contribution in [0, 0.1) is 0 Å². The van der Waals surface area contributed by atoms with Crippen molar-refractivity contribution in [2.75, 3.05) is 17.2 Å². The second kappa shape index (κ2) is 12.0. The summed E-state index contributed by atoms with van der Waals surface area (Å²) in [7, 11) is 0. The summed E-state index contributed by atoms with van der Waals surface area (Å²) in [5.41, 5.74) is 2.56. The number of carbonyl (C=O) groups excluding carboxylic acids is 3. The maximum absolute atomic E-state index is 13.7. The number of hydrogen-bond donors (Lipinski definition) is 2. The Morgan fingerprint density at radius 3 is 2.26 bits per heavy atom. The normalized spacial score (nSPS) is 11.0. The van der Waals surface area contributed by atoms with Gasteiger partial charge in [0.15, 0.2) is 0 Å². The highest BCUT2D eigenvalue weighted by molar-refractivity contribution is 7.13. The molecule has 0 aliphatic carbocycles. The maximum Gasteiger partial charge on any atom is 0.412 e. The predicted molar refractivity (Wildman–Crippen MR) is 155 cm³/mol. The summed E-state index contributed by atoms with van der Waals surface area (Å²) in [5.74, 6) is -1.12. The fourth-order valence-corrected chi connectivity index (χ4v) is 4.70. The second-order valence-electron chi connectivity index (χ2n) is 9.63. The Labute approximate surface area is 231 Å². The molecule has 0 atom stereocenters. The first-order chi connectivity index (χ1) is 18.7. The molecule has 7 nitrogen and oxygen atoms in total. The summed E-state index contributed by atoms with van der Waals surface area (Å²) in [6, 6.07) is 23.7. The highest BCUT2D eigenvalue weighted by Crippen LogP contribution is 2.33. The molecule has 4 rings (SSSR count). The zero-order chi connectivity index (χ0) is 28.0. The molecule has 0 aliphatic rings. The van der Waals surface area contributed by atoms with Gasteiger partial charge in [0, 0.05) is 4.88 Å². The average molecular weight is 543 g/mol. The number of esters is 1. The van der Waals surface area contributed by atoms with E-state index in [1.165, 1.54) is 0 Å². The van der Waals surface area contributed by atoms with E-state index in [-0.39, 0.29) is 17.7 Å². The van der Waals surface area contributed by atoms with Gasteiger partial charge in [0.05, 0.1) is 29.1 Å². The largest absolute Gasteiger partial charge is 0.462 e. The molecule has 3 aromatic carbocycles. The van der Waals surface area contributed by atoms with Crippen LogP contribution in [0.4, 0.5) is 16.2 Å². The molecule has 1 aromatic heterocycles. The highest BCUT2D eigenvalue weighted by Gasteiger charge is 2.24. The fraction of sp³-hybridized carbons (Fsp3) is 0.194. The van der Waals surface area contributed by atoms with Crippen LogP contribution >= 0.6 is 11.3 Å². The molecule has 2 amide bonds. The number of nitrogens with one attached hydrogen (secondary N) is 2. The number of benzene rings is 3. The lowest BCUT2D eigenvalue weighted by Gasteiger charge is -2.21. The molecule has 0 saturated carbocycles. The van der Waals surface area contributed by atoms with Crippen molar-refractivity contribution in [3.8, 4) is 21.6 Å². The van der Waals surface area contributed by atoms with Crippen molar-refractivity contribution >= 4 is 40.7 Å². The van der Waals surface area contributed by atoms with Crippen molar-refractivity contribution in [2.24, 2.45) is 0 Å². The van der Waals surface area contributed by atoms with Gasteiger partial charge in [0.2, 0.25) is 0 Å². The van der Waals surface area contributed by atoms with Crippen LogP contribution in [0.2, 0.25) is 0 Å². The van der Waals surface area contributed by atoms with Crippen molar-refractivity contribution in [1.29, 1.82) is 0 Å². The van der Waals surface area contributed by atoms with Crippen LogP contribution in [-0.2, 0) is 9.47 Å². The van der Waals surface area contributed by atoms with E-state index in [0.717, 1.165) is 16.0 Å². The molecule has 0 bridgehead atoms. The highest BCUT2D eigenvalue weighted by atomic mass is 32.1. The Kier molecular flexibility index (Phi) is 8.46. The van der Waals surface area contributed by atoms with Gasteiger partial charge in [-0.05, 0) is 74.0 Å². The molecular weight excluding hydrogens is 512 g/mol. The van der Waals surface area contributed by atoms with Crippen LogP contribution in [-0.4, -0.2) is 30.2 Å². The van der Waals surface area contributed by atoms with Gasteiger partial charge in [0.1, 0.15) is 5.60 Å². The molecule has 200 valence electrons. The van der Waals surface area contributed by atoms with Crippen molar-refractivity contribution in [3.05, 3.63) is 95.4 Å². The van der Waals surface area contributed by atoms with Gasteiger partial charge in [-0.15, -0.1) is 11.3 Å². The summed E-state index contributed by atoms with van der Waals surface area (Å²) < 4.78 is 10.7. The van der Waals surface area contributed by atoms with E-state index in [0.29, 0.717) is 16.9 Å². The van der Waals surface area contributed by atoms with Gasteiger partial charge < -0.3 is 14.8 Å². The Bertz CT molecular complexity index is 1470. The molecule has 0 saturated heterocycles. The lowest BCUT2D eigenvalue weighted by atomic mass is 9.95. The minimum atomic E-state index is -0.698. The van der Waals surface area contributed by atoms with E-state index >= 15 is 0 Å². The lowest BCUT2D eigenvalue weighted by Crippen LogP contribution is -2.27.